The number of halogens is 1. The smallest absolute Gasteiger partial charge is 0.212 e. The Morgan fingerprint density at radius 2 is 2.04 bits per heavy atom. The van der Waals surface area contributed by atoms with Crippen molar-refractivity contribution in [1.82, 2.24) is 14.8 Å². The zero-order chi connectivity index (χ0) is 17.6. The van der Waals surface area contributed by atoms with Gasteiger partial charge in [0.1, 0.15) is 24.0 Å². The third-order valence-electron chi connectivity index (χ3n) is 3.58. The molecule has 0 radical (unpaired) electrons. The zero-order valence-corrected chi connectivity index (χ0v) is 15.0. The molecule has 0 saturated carbocycles. The normalized spacial score (nSPS) is 12.4. The number of Topliss-reactive ketones (excluding diaryl/α,β-unsaturated/α-hetero) is 1. The SMILES string of the molecule is CCCCOC(C)(C)C(=O)C(=Cc1ccc(Cl)cc1)n1cncn1. The molecule has 0 spiro atoms. The molecule has 2 aromatic rings. The monoisotopic (exact) mass is 347 g/mol. The summed E-state index contributed by atoms with van der Waals surface area (Å²) in [5, 5.41) is 4.74. The van der Waals surface area contributed by atoms with Gasteiger partial charge in [-0.05, 0) is 44.0 Å². The van der Waals surface area contributed by atoms with Crippen LogP contribution in [0.15, 0.2) is 36.9 Å². The standard InChI is InChI=1S/C18H22ClN3O2/c1-4-5-10-24-18(2,3)17(23)16(22-13-20-12-21-22)11-14-6-8-15(19)9-7-14/h6-9,11-13H,4-5,10H2,1-3H3. The number of hydrogen-bond donors (Lipinski definition) is 0. The van der Waals surface area contributed by atoms with Crippen molar-refractivity contribution >= 4 is 29.2 Å². The lowest BCUT2D eigenvalue weighted by atomic mass is 9.99. The Balaban J connectivity index is 2.33. The number of ketones is 1. The Labute approximate surface area is 147 Å². The Bertz CT molecular complexity index is 692. The van der Waals surface area contributed by atoms with Crippen LogP contribution in [0.25, 0.3) is 11.8 Å². The van der Waals surface area contributed by atoms with E-state index in [1.165, 1.54) is 17.3 Å². The van der Waals surface area contributed by atoms with Crippen molar-refractivity contribution in [2.24, 2.45) is 0 Å². The lowest BCUT2D eigenvalue weighted by Crippen LogP contribution is -2.37. The number of hydrogen-bond acceptors (Lipinski definition) is 4. The molecule has 0 aliphatic carbocycles. The molecule has 0 N–H and O–H groups in total. The number of rotatable bonds is 8. The number of ether oxygens (including phenoxy) is 1. The predicted molar refractivity (Wildman–Crippen MR) is 95.6 cm³/mol. The number of unbranched alkanes of at least 4 members (excludes halogenated alkanes) is 1. The summed E-state index contributed by atoms with van der Waals surface area (Å²) in [5.41, 5.74) is 0.304. The van der Waals surface area contributed by atoms with Crippen LogP contribution in [0.5, 0.6) is 0 Å². The Hall–Kier alpha value is -1.98. The first-order valence-corrected chi connectivity index (χ1v) is 8.33. The van der Waals surface area contributed by atoms with Gasteiger partial charge in [-0.1, -0.05) is 37.1 Å². The highest BCUT2D eigenvalue weighted by atomic mass is 35.5. The second kappa shape index (κ2) is 8.22. The summed E-state index contributed by atoms with van der Waals surface area (Å²) in [4.78, 5) is 17.0. The second-order valence-corrected chi connectivity index (χ2v) is 6.40. The minimum atomic E-state index is -0.945. The molecule has 1 aromatic heterocycles. The van der Waals surface area contributed by atoms with Crippen LogP contribution in [0.1, 0.15) is 39.2 Å². The van der Waals surface area contributed by atoms with Crippen LogP contribution in [0.2, 0.25) is 5.02 Å². The number of nitrogens with zero attached hydrogens (tertiary/aromatic N) is 3. The first kappa shape index (κ1) is 18.4. The van der Waals surface area contributed by atoms with Crippen LogP contribution in [0.3, 0.4) is 0 Å². The van der Waals surface area contributed by atoms with Gasteiger partial charge in [0.2, 0.25) is 5.78 Å². The highest BCUT2D eigenvalue weighted by molar-refractivity contribution is 6.30. The third-order valence-corrected chi connectivity index (χ3v) is 3.83. The lowest BCUT2D eigenvalue weighted by molar-refractivity contribution is -0.134. The average molecular weight is 348 g/mol. The molecule has 0 atom stereocenters. The maximum atomic E-state index is 13.0. The maximum absolute atomic E-state index is 13.0. The molecular formula is C18H22ClN3O2. The summed E-state index contributed by atoms with van der Waals surface area (Å²) in [6.07, 6.45) is 6.59. The van der Waals surface area contributed by atoms with Crippen molar-refractivity contribution in [3.05, 3.63) is 47.5 Å². The van der Waals surface area contributed by atoms with E-state index >= 15 is 0 Å². The Kier molecular flexibility index (Phi) is 6.29. The van der Waals surface area contributed by atoms with Crippen LogP contribution in [0.4, 0.5) is 0 Å². The van der Waals surface area contributed by atoms with Crippen LogP contribution in [-0.4, -0.2) is 32.8 Å². The van der Waals surface area contributed by atoms with E-state index in [-0.39, 0.29) is 5.78 Å². The zero-order valence-electron chi connectivity index (χ0n) is 14.2. The molecule has 24 heavy (non-hydrogen) atoms. The van der Waals surface area contributed by atoms with Gasteiger partial charge in [0.25, 0.3) is 0 Å². The van der Waals surface area contributed by atoms with Crippen molar-refractivity contribution in [2.45, 2.75) is 39.2 Å². The summed E-state index contributed by atoms with van der Waals surface area (Å²) in [5.74, 6) is -0.154. The Morgan fingerprint density at radius 3 is 2.62 bits per heavy atom. The van der Waals surface area contributed by atoms with E-state index in [0.717, 1.165) is 18.4 Å². The third kappa shape index (κ3) is 4.76. The van der Waals surface area contributed by atoms with Crippen LogP contribution in [0, 0.1) is 0 Å². The molecule has 0 fully saturated rings. The largest absolute Gasteiger partial charge is 0.367 e. The molecule has 0 bridgehead atoms. The van der Waals surface area contributed by atoms with Gasteiger partial charge in [-0.3, -0.25) is 4.79 Å². The summed E-state index contributed by atoms with van der Waals surface area (Å²) >= 11 is 5.92. The second-order valence-electron chi connectivity index (χ2n) is 5.96. The topological polar surface area (TPSA) is 57.0 Å². The summed E-state index contributed by atoms with van der Waals surface area (Å²) in [7, 11) is 0. The predicted octanol–water partition coefficient (Wildman–Crippen LogP) is 4.09. The molecule has 0 amide bonds. The van der Waals surface area contributed by atoms with E-state index in [0.29, 0.717) is 17.3 Å². The van der Waals surface area contributed by atoms with E-state index in [1.54, 1.807) is 32.1 Å². The molecular weight excluding hydrogens is 326 g/mol. The van der Waals surface area contributed by atoms with Gasteiger partial charge in [-0.15, -0.1) is 0 Å². The fourth-order valence-electron chi connectivity index (χ4n) is 2.13. The summed E-state index contributed by atoms with van der Waals surface area (Å²) in [6.45, 7) is 6.18. The van der Waals surface area contributed by atoms with Crippen molar-refractivity contribution in [2.75, 3.05) is 6.61 Å². The van der Waals surface area contributed by atoms with Gasteiger partial charge in [-0.2, -0.15) is 5.10 Å². The van der Waals surface area contributed by atoms with E-state index in [4.69, 9.17) is 16.3 Å². The quantitative estimate of drug-likeness (QED) is 0.533. The molecule has 0 saturated heterocycles. The molecule has 0 unspecified atom stereocenters. The minimum Gasteiger partial charge on any atom is -0.367 e. The van der Waals surface area contributed by atoms with Gasteiger partial charge >= 0.3 is 0 Å². The van der Waals surface area contributed by atoms with Crippen molar-refractivity contribution in [3.63, 3.8) is 0 Å². The fourth-order valence-corrected chi connectivity index (χ4v) is 2.26. The molecule has 5 nitrogen and oxygen atoms in total. The molecule has 128 valence electrons. The van der Waals surface area contributed by atoms with Crippen LogP contribution in [-0.2, 0) is 9.53 Å². The summed E-state index contributed by atoms with van der Waals surface area (Å²) < 4.78 is 7.25. The van der Waals surface area contributed by atoms with E-state index < -0.39 is 5.60 Å². The fraction of sp³-hybridized carbons (Fsp3) is 0.389. The van der Waals surface area contributed by atoms with Gasteiger partial charge in [0, 0.05) is 11.6 Å². The minimum absolute atomic E-state index is 0.154. The average Bonchev–Trinajstić information content (AvgIpc) is 3.08. The molecule has 1 aromatic carbocycles. The van der Waals surface area contributed by atoms with E-state index in [9.17, 15) is 4.79 Å². The molecule has 6 heteroatoms. The molecule has 2 rings (SSSR count). The van der Waals surface area contributed by atoms with Gasteiger partial charge in [-0.25, -0.2) is 9.67 Å². The van der Waals surface area contributed by atoms with Crippen molar-refractivity contribution < 1.29 is 9.53 Å². The summed E-state index contributed by atoms with van der Waals surface area (Å²) in [6, 6.07) is 7.24. The van der Waals surface area contributed by atoms with Gasteiger partial charge in [0.15, 0.2) is 0 Å². The number of carbonyl (C=O) groups excluding carboxylic acids is 1. The van der Waals surface area contributed by atoms with Crippen molar-refractivity contribution in [3.8, 4) is 0 Å². The highest BCUT2D eigenvalue weighted by Gasteiger charge is 2.32. The number of benzene rings is 1. The Morgan fingerprint density at radius 1 is 1.33 bits per heavy atom. The van der Waals surface area contributed by atoms with E-state index in [2.05, 4.69) is 17.0 Å². The molecule has 0 aliphatic rings. The van der Waals surface area contributed by atoms with Gasteiger partial charge < -0.3 is 4.74 Å². The first-order chi connectivity index (χ1) is 11.4. The molecule has 1 heterocycles. The highest BCUT2D eigenvalue weighted by Crippen LogP contribution is 2.22. The van der Waals surface area contributed by atoms with Crippen LogP contribution >= 0.6 is 11.6 Å². The van der Waals surface area contributed by atoms with E-state index in [1.807, 2.05) is 12.1 Å². The molecule has 0 aliphatic heterocycles. The van der Waals surface area contributed by atoms with Crippen LogP contribution < -0.4 is 0 Å². The first-order valence-electron chi connectivity index (χ1n) is 7.95. The number of carbonyl (C=O) groups is 1. The maximum Gasteiger partial charge on any atom is 0.212 e. The van der Waals surface area contributed by atoms with Gasteiger partial charge in [0.05, 0.1) is 0 Å². The van der Waals surface area contributed by atoms with Crippen molar-refractivity contribution in [1.29, 1.82) is 0 Å². The lowest BCUT2D eigenvalue weighted by Gasteiger charge is -2.25. The number of aromatic nitrogens is 3.